The molecule has 0 aliphatic heterocycles. The normalized spacial score (nSPS) is 13.7. The van der Waals surface area contributed by atoms with Crippen LogP contribution >= 0.6 is 0 Å². The molecule has 1 aromatic heterocycles. The van der Waals surface area contributed by atoms with Gasteiger partial charge < -0.3 is 5.32 Å². The minimum atomic E-state index is 0.303. The lowest BCUT2D eigenvalue weighted by Gasteiger charge is -2.33. The molecule has 0 aliphatic rings. The Morgan fingerprint density at radius 1 is 1.24 bits per heavy atom. The molecule has 1 N–H and O–H groups in total. The van der Waals surface area contributed by atoms with Gasteiger partial charge in [0.2, 0.25) is 0 Å². The van der Waals surface area contributed by atoms with Crippen molar-refractivity contribution in [1.29, 1.82) is 0 Å². The summed E-state index contributed by atoms with van der Waals surface area (Å²) in [4.78, 5) is 7.10. The van der Waals surface area contributed by atoms with E-state index < -0.39 is 0 Å². The summed E-state index contributed by atoms with van der Waals surface area (Å²) >= 11 is 0. The summed E-state index contributed by atoms with van der Waals surface area (Å²) in [5.41, 5.74) is 2.58. The van der Waals surface area contributed by atoms with Crippen molar-refractivity contribution in [3.63, 3.8) is 0 Å². The third-order valence-corrected chi connectivity index (χ3v) is 4.01. The monoisotopic (exact) mass is 291 g/mol. The third kappa shape index (κ3) is 6.58. The summed E-state index contributed by atoms with van der Waals surface area (Å²) in [7, 11) is 0. The van der Waals surface area contributed by atoms with E-state index in [4.69, 9.17) is 0 Å². The first-order valence-electron chi connectivity index (χ1n) is 8.25. The van der Waals surface area contributed by atoms with Crippen LogP contribution in [0.3, 0.4) is 0 Å². The fraction of sp³-hybridized carbons (Fsp3) is 0.722. The molecule has 0 spiro atoms. The molecule has 0 saturated heterocycles. The summed E-state index contributed by atoms with van der Waals surface area (Å²) < 4.78 is 0. The van der Waals surface area contributed by atoms with Gasteiger partial charge in [-0.05, 0) is 44.0 Å². The molecule has 0 aliphatic carbocycles. The van der Waals surface area contributed by atoms with Gasteiger partial charge in [-0.2, -0.15) is 0 Å². The number of nitrogens with one attached hydrogen (secondary N) is 1. The topological polar surface area (TPSA) is 28.2 Å². The highest BCUT2D eigenvalue weighted by atomic mass is 15.1. The van der Waals surface area contributed by atoms with Crippen LogP contribution in [0.15, 0.2) is 18.2 Å². The number of rotatable bonds is 8. The Labute approximate surface area is 131 Å². The second kappa shape index (κ2) is 8.50. The van der Waals surface area contributed by atoms with E-state index in [9.17, 15) is 0 Å². The Balaban J connectivity index is 2.57. The zero-order valence-electron chi connectivity index (χ0n) is 14.7. The first kappa shape index (κ1) is 18.1. The number of pyridine rings is 1. The molecule has 1 unspecified atom stereocenters. The predicted molar refractivity (Wildman–Crippen MR) is 91.5 cm³/mol. The van der Waals surface area contributed by atoms with Crippen LogP contribution < -0.4 is 5.32 Å². The van der Waals surface area contributed by atoms with Gasteiger partial charge in [0.25, 0.3) is 0 Å². The minimum absolute atomic E-state index is 0.303. The fourth-order valence-corrected chi connectivity index (χ4v) is 2.66. The van der Waals surface area contributed by atoms with Crippen molar-refractivity contribution in [2.45, 2.75) is 60.5 Å². The van der Waals surface area contributed by atoms with Gasteiger partial charge in [-0.25, -0.2) is 0 Å². The molecule has 1 heterocycles. The van der Waals surface area contributed by atoms with Crippen LogP contribution in [0, 0.1) is 12.3 Å². The number of aryl methyl sites for hydroxylation is 1. The number of hydrogen-bond acceptors (Lipinski definition) is 3. The van der Waals surface area contributed by atoms with E-state index in [0.29, 0.717) is 11.5 Å². The molecule has 0 aromatic carbocycles. The van der Waals surface area contributed by atoms with E-state index in [0.717, 1.165) is 31.9 Å². The van der Waals surface area contributed by atoms with Crippen molar-refractivity contribution in [3.05, 3.63) is 29.6 Å². The molecule has 21 heavy (non-hydrogen) atoms. The van der Waals surface area contributed by atoms with Crippen LogP contribution in [0.5, 0.6) is 0 Å². The Hall–Kier alpha value is -0.930. The highest BCUT2D eigenvalue weighted by molar-refractivity contribution is 5.09. The molecule has 1 rings (SSSR count). The SMILES string of the molecule is CCNC(CCN(CC)Cc1cccc(C)n1)C(C)(C)C. The average molecular weight is 291 g/mol. The number of aromatic nitrogens is 1. The van der Waals surface area contributed by atoms with E-state index >= 15 is 0 Å². The van der Waals surface area contributed by atoms with Gasteiger partial charge in [-0.1, -0.05) is 40.7 Å². The smallest absolute Gasteiger partial charge is 0.0547 e. The highest BCUT2D eigenvalue weighted by Gasteiger charge is 2.23. The summed E-state index contributed by atoms with van der Waals surface area (Å²) in [5.74, 6) is 0. The molecular formula is C18H33N3. The van der Waals surface area contributed by atoms with Gasteiger partial charge in [0.05, 0.1) is 5.69 Å². The summed E-state index contributed by atoms with van der Waals surface area (Å²) in [5, 5.41) is 3.63. The first-order valence-corrected chi connectivity index (χ1v) is 8.25. The van der Waals surface area contributed by atoms with Crippen LogP contribution in [0.4, 0.5) is 0 Å². The van der Waals surface area contributed by atoms with Crippen molar-refractivity contribution >= 4 is 0 Å². The predicted octanol–water partition coefficient (Wildman–Crippen LogP) is 3.63. The van der Waals surface area contributed by atoms with E-state index in [-0.39, 0.29) is 0 Å². The molecule has 3 nitrogen and oxygen atoms in total. The number of nitrogens with zero attached hydrogens (tertiary/aromatic N) is 2. The molecule has 120 valence electrons. The third-order valence-electron chi connectivity index (χ3n) is 4.01. The van der Waals surface area contributed by atoms with Gasteiger partial charge in [0, 0.05) is 24.8 Å². The summed E-state index contributed by atoms with van der Waals surface area (Å²) in [6.07, 6.45) is 1.18. The van der Waals surface area contributed by atoms with Crippen LogP contribution in [-0.2, 0) is 6.54 Å². The fourth-order valence-electron chi connectivity index (χ4n) is 2.66. The molecule has 0 bridgehead atoms. The standard InChI is InChI=1S/C18H33N3/c1-7-19-17(18(4,5)6)12-13-21(8-2)14-16-11-9-10-15(3)20-16/h9-11,17,19H,7-8,12-14H2,1-6H3. The Morgan fingerprint density at radius 2 is 1.95 bits per heavy atom. The van der Waals surface area contributed by atoms with E-state index in [2.05, 4.69) is 74.9 Å². The van der Waals surface area contributed by atoms with Crippen LogP contribution in [-0.4, -0.2) is 35.6 Å². The lowest BCUT2D eigenvalue weighted by Crippen LogP contribution is -2.42. The van der Waals surface area contributed by atoms with E-state index in [1.807, 2.05) is 0 Å². The highest BCUT2D eigenvalue weighted by Crippen LogP contribution is 2.22. The zero-order valence-corrected chi connectivity index (χ0v) is 14.7. The van der Waals surface area contributed by atoms with Crippen molar-refractivity contribution in [1.82, 2.24) is 15.2 Å². The lowest BCUT2D eigenvalue weighted by molar-refractivity contribution is 0.205. The van der Waals surface area contributed by atoms with Crippen LogP contribution in [0.1, 0.15) is 52.4 Å². The quantitative estimate of drug-likeness (QED) is 0.793. The van der Waals surface area contributed by atoms with Crippen molar-refractivity contribution in [2.24, 2.45) is 5.41 Å². The van der Waals surface area contributed by atoms with Gasteiger partial charge in [-0.3, -0.25) is 9.88 Å². The second-order valence-electron chi connectivity index (χ2n) is 6.90. The number of hydrogen-bond donors (Lipinski definition) is 1. The van der Waals surface area contributed by atoms with Gasteiger partial charge >= 0.3 is 0 Å². The van der Waals surface area contributed by atoms with Crippen molar-refractivity contribution in [2.75, 3.05) is 19.6 Å². The van der Waals surface area contributed by atoms with E-state index in [1.165, 1.54) is 12.1 Å². The Kier molecular flexibility index (Phi) is 7.33. The maximum absolute atomic E-state index is 4.62. The van der Waals surface area contributed by atoms with Crippen LogP contribution in [0.2, 0.25) is 0 Å². The lowest BCUT2D eigenvalue weighted by atomic mass is 9.84. The van der Waals surface area contributed by atoms with Crippen molar-refractivity contribution in [3.8, 4) is 0 Å². The van der Waals surface area contributed by atoms with Gasteiger partial charge in [0.1, 0.15) is 0 Å². The largest absolute Gasteiger partial charge is 0.314 e. The maximum Gasteiger partial charge on any atom is 0.0547 e. The second-order valence-corrected chi connectivity index (χ2v) is 6.90. The van der Waals surface area contributed by atoms with Crippen LogP contribution in [0.25, 0.3) is 0 Å². The molecule has 3 heteroatoms. The minimum Gasteiger partial charge on any atom is -0.314 e. The Morgan fingerprint density at radius 3 is 2.48 bits per heavy atom. The average Bonchev–Trinajstić information content (AvgIpc) is 2.40. The molecule has 0 saturated carbocycles. The van der Waals surface area contributed by atoms with Gasteiger partial charge in [-0.15, -0.1) is 0 Å². The molecular weight excluding hydrogens is 258 g/mol. The van der Waals surface area contributed by atoms with Crippen molar-refractivity contribution < 1.29 is 0 Å². The summed E-state index contributed by atoms with van der Waals surface area (Å²) in [6, 6.07) is 6.84. The molecule has 0 amide bonds. The zero-order chi connectivity index (χ0) is 15.9. The van der Waals surface area contributed by atoms with E-state index in [1.54, 1.807) is 0 Å². The Bertz CT molecular complexity index is 409. The molecule has 0 radical (unpaired) electrons. The molecule has 0 fully saturated rings. The first-order chi connectivity index (χ1) is 9.86. The molecule has 1 aromatic rings. The van der Waals surface area contributed by atoms with Gasteiger partial charge in [0.15, 0.2) is 0 Å². The summed E-state index contributed by atoms with van der Waals surface area (Å²) in [6.45, 7) is 17.6. The maximum atomic E-state index is 4.62. The molecule has 1 atom stereocenters.